The number of benzene rings is 2. The normalized spacial score (nSPS) is 10.9. The number of rotatable bonds is 5. The van der Waals surface area contributed by atoms with E-state index in [0.717, 1.165) is 5.56 Å². The Morgan fingerprint density at radius 2 is 1.88 bits per heavy atom. The van der Waals surface area contributed by atoms with Crippen LogP contribution in [-0.4, -0.2) is 5.78 Å². The Bertz CT molecular complexity index is 1010. The Hall–Kier alpha value is -3.34. The highest BCUT2D eigenvalue weighted by molar-refractivity contribution is 6.14. The highest BCUT2D eigenvalue weighted by atomic mass is 19.1. The summed E-state index contributed by atoms with van der Waals surface area (Å²) in [5, 5.41) is 0.651. The van der Waals surface area contributed by atoms with Gasteiger partial charge in [-0.3, -0.25) is 4.79 Å². The number of hydrogen-bond donors (Lipinski definition) is 0. The molecule has 0 amide bonds. The van der Waals surface area contributed by atoms with Gasteiger partial charge in [-0.2, -0.15) is 0 Å². The molecule has 25 heavy (non-hydrogen) atoms. The van der Waals surface area contributed by atoms with E-state index in [2.05, 4.69) is 0 Å². The molecular formula is C20H13FO4. The Morgan fingerprint density at radius 3 is 2.64 bits per heavy atom. The van der Waals surface area contributed by atoms with Crippen molar-refractivity contribution < 1.29 is 22.8 Å². The molecule has 4 aromatic rings. The van der Waals surface area contributed by atoms with Gasteiger partial charge in [-0.15, -0.1) is 0 Å². The minimum absolute atomic E-state index is 0.250. The third-order valence-electron chi connectivity index (χ3n) is 3.85. The van der Waals surface area contributed by atoms with Crippen molar-refractivity contribution in [2.45, 2.75) is 6.61 Å². The molecule has 0 saturated heterocycles. The van der Waals surface area contributed by atoms with E-state index in [1.54, 1.807) is 42.5 Å². The van der Waals surface area contributed by atoms with Gasteiger partial charge < -0.3 is 13.6 Å². The molecule has 124 valence electrons. The average molecular weight is 336 g/mol. The minimum Gasteiger partial charge on any atom is -0.489 e. The molecule has 0 spiro atoms. The number of furan rings is 2. The first-order chi connectivity index (χ1) is 12.2. The molecule has 4 rings (SSSR count). The fourth-order valence-corrected chi connectivity index (χ4v) is 2.56. The van der Waals surface area contributed by atoms with E-state index in [9.17, 15) is 9.18 Å². The van der Waals surface area contributed by atoms with Crippen LogP contribution in [0.1, 0.15) is 21.7 Å². The van der Waals surface area contributed by atoms with E-state index in [4.69, 9.17) is 13.6 Å². The van der Waals surface area contributed by atoms with Gasteiger partial charge in [0.15, 0.2) is 5.76 Å². The quantitative estimate of drug-likeness (QED) is 0.483. The third kappa shape index (κ3) is 3.04. The molecule has 0 aliphatic rings. The molecule has 0 aliphatic carbocycles. The van der Waals surface area contributed by atoms with Gasteiger partial charge in [-0.25, -0.2) is 4.39 Å². The predicted octanol–water partition coefficient (Wildman–Crippen LogP) is 4.97. The van der Waals surface area contributed by atoms with Gasteiger partial charge in [0.2, 0.25) is 5.78 Å². The second-order valence-corrected chi connectivity index (χ2v) is 5.53. The van der Waals surface area contributed by atoms with Crippen molar-refractivity contribution in [2.75, 3.05) is 0 Å². The molecule has 0 aliphatic heterocycles. The molecule has 0 unspecified atom stereocenters. The van der Waals surface area contributed by atoms with E-state index in [0.29, 0.717) is 28.9 Å². The van der Waals surface area contributed by atoms with Crippen molar-refractivity contribution in [3.05, 3.63) is 89.8 Å². The summed E-state index contributed by atoms with van der Waals surface area (Å²) in [5.41, 5.74) is 1.85. The molecule has 2 aromatic heterocycles. The third-order valence-corrected chi connectivity index (χ3v) is 3.85. The zero-order valence-corrected chi connectivity index (χ0v) is 13.1. The van der Waals surface area contributed by atoms with Crippen LogP contribution in [0, 0.1) is 5.82 Å². The number of halogens is 1. The first kappa shape index (κ1) is 15.2. The molecule has 5 heteroatoms. The number of carbonyl (C=O) groups is 1. The van der Waals surface area contributed by atoms with Crippen LogP contribution < -0.4 is 4.74 Å². The largest absolute Gasteiger partial charge is 0.489 e. The van der Waals surface area contributed by atoms with E-state index in [1.165, 1.54) is 24.7 Å². The summed E-state index contributed by atoms with van der Waals surface area (Å²) in [4.78, 5) is 12.5. The lowest BCUT2D eigenvalue weighted by Crippen LogP contribution is -1.99. The summed E-state index contributed by atoms with van der Waals surface area (Å²) in [6, 6.07) is 14.6. The average Bonchev–Trinajstić information content (AvgIpc) is 3.30. The summed E-state index contributed by atoms with van der Waals surface area (Å²) in [6.07, 6.45) is 2.87. The van der Waals surface area contributed by atoms with Crippen LogP contribution in [0.15, 0.2) is 76.0 Å². The topological polar surface area (TPSA) is 52.6 Å². The van der Waals surface area contributed by atoms with Gasteiger partial charge in [0.05, 0.1) is 11.8 Å². The summed E-state index contributed by atoms with van der Waals surface area (Å²) in [5.74, 6) is 0.302. The first-order valence-electron chi connectivity index (χ1n) is 7.67. The van der Waals surface area contributed by atoms with Crippen molar-refractivity contribution in [1.82, 2.24) is 0 Å². The van der Waals surface area contributed by atoms with Crippen molar-refractivity contribution in [3.8, 4) is 5.75 Å². The first-order valence-corrected chi connectivity index (χ1v) is 7.67. The fourth-order valence-electron chi connectivity index (χ4n) is 2.56. The number of fused-ring (bicyclic) bond motifs is 1. The Kier molecular flexibility index (Phi) is 3.82. The number of ether oxygens (including phenoxy) is 1. The predicted molar refractivity (Wildman–Crippen MR) is 89.1 cm³/mol. The van der Waals surface area contributed by atoms with Gasteiger partial charge in [0, 0.05) is 5.39 Å². The molecule has 0 N–H and O–H groups in total. The highest BCUT2D eigenvalue weighted by Gasteiger charge is 2.18. The zero-order chi connectivity index (χ0) is 17.2. The lowest BCUT2D eigenvalue weighted by molar-refractivity contribution is 0.101. The molecule has 0 saturated carbocycles. The fraction of sp³-hybridized carbons (Fsp3) is 0.0500. The second kappa shape index (κ2) is 6.28. The summed E-state index contributed by atoms with van der Waals surface area (Å²) in [7, 11) is 0. The highest BCUT2D eigenvalue weighted by Crippen LogP contribution is 2.28. The van der Waals surface area contributed by atoms with Crippen LogP contribution in [0.25, 0.3) is 11.0 Å². The van der Waals surface area contributed by atoms with E-state index in [1.807, 2.05) is 0 Å². The maximum Gasteiger partial charge on any atom is 0.232 e. The van der Waals surface area contributed by atoms with Crippen LogP contribution in [0.2, 0.25) is 0 Å². The number of hydrogen-bond acceptors (Lipinski definition) is 4. The smallest absolute Gasteiger partial charge is 0.232 e. The minimum atomic E-state index is -0.287. The number of ketones is 1. The molecule has 2 heterocycles. The SMILES string of the molecule is O=C(c1ccco1)c1coc2ccc(OCc3ccc(F)cc3)cc12. The maximum atomic E-state index is 12.9. The number of carbonyl (C=O) groups excluding carboxylic acids is 1. The summed E-state index contributed by atoms with van der Waals surface area (Å²) < 4.78 is 29.3. The zero-order valence-electron chi connectivity index (χ0n) is 13.1. The van der Waals surface area contributed by atoms with Crippen LogP contribution in [-0.2, 0) is 6.61 Å². The molecular weight excluding hydrogens is 323 g/mol. The second-order valence-electron chi connectivity index (χ2n) is 5.53. The maximum absolute atomic E-state index is 12.9. The van der Waals surface area contributed by atoms with Gasteiger partial charge in [-0.05, 0) is 48.0 Å². The van der Waals surface area contributed by atoms with Crippen LogP contribution in [0.5, 0.6) is 5.75 Å². The lowest BCUT2D eigenvalue weighted by atomic mass is 10.1. The molecule has 0 fully saturated rings. The monoisotopic (exact) mass is 336 g/mol. The molecule has 2 aromatic carbocycles. The van der Waals surface area contributed by atoms with Crippen LogP contribution in [0.4, 0.5) is 4.39 Å². The van der Waals surface area contributed by atoms with Gasteiger partial charge in [-0.1, -0.05) is 12.1 Å². The van der Waals surface area contributed by atoms with Crippen molar-refractivity contribution in [1.29, 1.82) is 0 Å². The Labute approximate surface area is 142 Å². The standard InChI is InChI=1S/C20H13FO4/c21-14-5-3-13(4-6-14)11-24-15-7-8-18-16(10-15)17(12-25-18)20(22)19-2-1-9-23-19/h1-10,12H,11H2. The molecule has 0 atom stereocenters. The van der Waals surface area contributed by atoms with Crippen LogP contribution >= 0.6 is 0 Å². The van der Waals surface area contributed by atoms with Gasteiger partial charge in [0.1, 0.15) is 30.0 Å². The van der Waals surface area contributed by atoms with Crippen molar-refractivity contribution in [3.63, 3.8) is 0 Å². The summed E-state index contributed by atoms with van der Waals surface area (Å²) >= 11 is 0. The van der Waals surface area contributed by atoms with Gasteiger partial charge >= 0.3 is 0 Å². The van der Waals surface area contributed by atoms with E-state index < -0.39 is 0 Å². The van der Waals surface area contributed by atoms with Crippen molar-refractivity contribution in [2.24, 2.45) is 0 Å². The lowest BCUT2D eigenvalue weighted by Gasteiger charge is -2.06. The van der Waals surface area contributed by atoms with Crippen LogP contribution in [0.3, 0.4) is 0 Å². The Morgan fingerprint density at radius 1 is 1.04 bits per heavy atom. The van der Waals surface area contributed by atoms with E-state index >= 15 is 0 Å². The Balaban J connectivity index is 1.60. The molecule has 0 radical (unpaired) electrons. The molecule has 0 bridgehead atoms. The van der Waals surface area contributed by atoms with Crippen molar-refractivity contribution >= 4 is 16.8 Å². The van der Waals surface area contributed by atoms with Gasteiger partial charge in [0.25, 0.3) is 0 Å². The molecule has 4 nitrogen and oxygen atoms in total. The summed E-state index contributed by atoms with van der Waals surface area (Å²) in [6.45, 7) is 0.297. The van der Waals surface area contributed by atoms with E-state index in [-0.39, 0.29) is 17.4 Å².